The van der Waals surface area contributed by atoms with Gasteiger partial charge in [0, 0.05) is 0 Å². The van der Waals surface area contributed by atoms with E-state index in [1.54, 1.807) is 6.92 Å². The van der Waals surface area contributed by atoms with Crippen LogP contribution < -0.4 is 5.73 Å². The number of rotatable bonds is 4. The molecular formula is C7H14F3N3O. The van der Waals surface area contributed by atoms with Crippen molar-refractivity contribution in [3.05, 3.63) is 0 Å². The number of oxime groups is 1. The molecule has 0 aliphatic rings. The SMILES string of the molecule is CCC(C(N)=NO)N(C)CC(F)(F)F. The molecule has 0 bridgehead atoms. The van der Waals surface area contributed by atoms with E-state index in [4.69, 9.17) is 10.9 Å². The number of alkyl halides is 3. The number of nitrogens with zero attached hydrogens (tertiary/aromatic N) is 2. The van der Waals surface area contributed by atoms with E-state index in [1.807, 2.05) is 0 Å². The Labute approximate surface area is 80.2 Å². The van der Waals surface area contributed by atoms with Crippen LogP contribution in [0, 0.1) is 0 Å². The average molecular weight is 213 g/mol. The lowest BCUT2D eigenvalue weighted by molar-refractivity contribution is -0.145. The molecule has 0 radical (unpaired) electrons. The lowest BCUT2D eigenvalue weighted by Crippen LogP contribution is -2.46. The largest absolute Gasteiger partial charge is 0.409 e. The molecule has 1 unspecified atom stereocenters. The van der Waals surface area contributed by atoms with E-state index in [0.717, 1.165) is 4.90 Å². The molecule has 0 aromatic rings. The highest BCUT2D eigenvalue weighted by molar-refractivity contribution is 5.85. The third kappa shape index (κ3) is 4.31. The molecule has 0 aromatic carbocycles. The molecule has 0 saturated heterocycles. The Morgan fingerprint density at radius 2 is 2.07 bits per heavy atom. The number of hydrogen-bond acceptors (Lipinski definition) is 3. The first-order valence-electron chi connectivity index (χ1n) is 4.06. The number of likely N-dealkylation sites (N-methyl/N-ethyl adjacent to an activating group) is 1. The highest BCUT2D eigenvalue weighted by Crippen LogP contribution is 2.17. The third-order valence-corrected chi connectivity index (χ3v) is 1.80. The van der Waals surface area contributed by atoms with E-state index >= 15 is 0 Å². The predicted octanol–water partition coefficient (Wildman–Crippen LogP) is 1.01. The van der Waals surface area contributed by atoms with Crippen molar-refractivity contribution in [1.82, 2.24) is 4.90 Å². The monoisotopic (exact) mass is 213 g/mol. The fraction of sp³-hybridized carbons (Fsp3) is 0.857. The number of halogens is 3. The minimum atomic E-state index is -4.28. The summed E-state index contributed by atoms with van der Waals surface area (Å²) in [5.74, 6) is -0.209. The quantitative estimate of drug-likeness (QED) is 0.317. The molecule has 0 amide bonds. The van der Waals surface area contributed by atoms with Crippen molar-refractivity contribution in [1.29, 1.82) is 0 Å². The molecule has 0 aromatic heterocycles. The van der Waals surface area contributed by atoms with Gasteiger partial charge in [0.1, 0.15) is 0 Å². The van der Waals surface area contributed by atoms with Crippen LogP contribution in [0.1, 0.15) is 13.3 Å². The van der Waals surface area contributed by atoms with Gasteiger partial charge in [-0.15, -0.1) is 0 Å². The van der Waals surface area contributed by atoms with Crippen molar-refractivity contribution < 1.29 is 18.4 Å². The van der Waals surface area contributed by atoms with E-state index in [-0.39, 0.29) is 5.84 Å². The Kier molecular flexibility index (Phi) is 4.69. The lowest BCUT2D eigenvalue weighted by Gasteiger charge is -2.26. The Balaban J connectivity index is 4.40. The smallest absolute Gasteiger partial charge is 0.401 e. The second-order valence-electron chi connectivity index (χ2n) is 2.98. The normalized spacial score (nSPS) is 16.0. The van der Waals surface area contributed by atoms with Crippen LogP contribution in [0.25, 0.3) is 0 Å². The fourth-order valence-corrected chi connectivity index (χ4v) is 1.21. The summed E-state index contributed by atoms with van der Waals surface area (Å²) in [5, 5.41) is 11.0. The molecular weight excluding hydrogens is 199 g/mol. The topological polar surface area (TPSA) is 61.9 Å². The number of amidine groups is 1. The first-order chi connectivity index (χ1) is 6.31. The first kappa shape index (κ1) is 13.0. The highest BCUT2D eigenvalue weighted by atomic mass is 19.4. The Hall–Kier alpha value is -0.980. The van der Waals surface area contributed by atoms with Crippen molar-refractivity contribution in [2.45, 2.75) is 25.6 Å². The Morgan fingerprint density at radius 1 is 1.57 bits per heavy atom. The summed E-state index contributed by atoms with van der Waals surface area (Å²) in [6, 6.07) is -0.693. The van der Waals surface area contributed by atoms with Crippen LogP contribution in [0.2, 0.25) is 0 Å². The number of hydrogen-bond donors (Lipinski definition) is 2. The van der Waals surface area contributed by atoms with Crippen LogP contribution in [0.5, 0.6) is 0 Å². The summed E-state index contributed by atoms with van der Waals surface area (Å²) in [5.41, 5.74) is 5.24. The molecule has 7 heteroatoms. The van der Waals surface area contributed by atoms with Crippen LogP contribution in [0.15, 0.2) is 5.16 Å². The van der Waals surface area contributed by atoms with E-state index in [1.165, 1.54) is 7.05 Å². The molecule has 0 aliphatic heterocycles. The van der Waals surface area contributed by atoms with E-state index in [0.29, 0.717) is 6.42 Å². The van der Waals surface area contributed by atoms with Gasteiger partial charge in [-0.2, -0.15) is 13.2 Å². The molecule has 84 valence electrons. The van der Waals surface area contributed by atoms with Gasteiger partial charge in [-0.25, -0.2) is 0 Å². The van der Waals surface area contributed by atoms with Gasteiger partial charge in [-0.3, -0.25) is 4.90 Å². The standard InChI is InChI=1S/C7H14F3N3O/c1-3-5(6(11)12-14)13(2)4-7(8,9)10/h5,14H,3-4H2,1-2H3,(H2,11,12). The molecule has 0 rings (SSSR count). The second kappa shape index (κ2) is 5.04. The van der Waals surface area contributed by atoms with Crippen molar-refractivity contribution in [3.63, 3.8) is 0 Å². The molecule has 0 fully saturated rings. The Bertz CT molecular complexity index is 205. The van der Waals surface area contributed by atoms with E-state index in [2.05, 4.69) is 5.16 Å². The van der Waals surface area contributed by atoms with Gasteiger partial charge >= 0.3 is 6.18 Å². The van der Waals surface area contributed by atoms with Gasteiger partial charge in [0.25, 0.3) is 0 Å². The minimum absolute atomic E-state index is 0.209. The highest BCUT2D eigenvalue weighted by Gasteiger charge is 2.32. The van der Waals surface area contributed by atoms with Gasteiger partial charge in [-0.1, -0.05) is 12.1 Å². The van der Waals surface area contributed by atoms with Crippen molar-refractivity contribution in [2.24, 2.45) is 10.9 Å². The van der Waals surface area contributed by atoms with Crippen LogP contribution >= 0.6 is 0 Å². The van der Waals surface area contributed by atoms with Crippen molar-refractivity contribution in [3.8, 4) is 0 Å². The zero-order chi connectivity index (χ0) is 11.4. The molecule has 4 nitrogen and oxygen atoms in total. The first-order valence-corrected chi connectivity index (χ1v) is 4.06. The van der Waals surface area contributed by atoms with Crippen LogP contribution in [-0.4, -0.2) is 41.8 Å². The van der Waals surface area contributed by atoms with Crippen molar-refractivity contribution in [2.75, 3.05) is 13.6 Å². The summed E-state index contributed by atoms with van der Waals surface area (Å²) in [6.45, 7) is 0.581. The van der Waals surface area contributed by atoms with Crippen molar-refractivity contribution >= 4 is 5.84 Å². The maximum Gasteiger partial charge on any atom is 0.401 e. The lowest BCUT2D eigenvalue weighted by atomic mass is 10.2. The summed E-state index contributed by atoms with van der Waals surface area (Å²) < 4.78 is 36.0. The summed E-state index contributed by atoms with van der Waals surface area (Å²) in [4.78, 5) is 0.995. The van der Waals surface area contributed by atoms with Gasteiger partial charge in [0.05, 0.1) is 12.6 Å². The molecule has 1 atom stereocenters. The van der Waals surface area contributed by atoms with Crippen LogP contribution in [-0.2, 0) is 0 Å². The zero-order valence-electron chi connectivity index (χ0n) is 8.04. The molecule has 3 N–H and O–H groups in total. The summed E-state index contributed by atoms with van der Waals surface area (Å²) >= 11 is 0. The van der Waals surface area contributed by atoms with Gasteiger partial charge in [-0.05, 0) is 13.5 Å². The summed E-state index contributed by atoms with van der Waals surface area (Å²) in [7, 11) is 1.28. The summed E-state index contributed by atoms with van der Waals surface area (Å²) in [6.07, 6.45) is -3.93. The zero-order valence-corrected chi connectivity index (χ0v) is 8.04. The molecule has 0 heterocycles. The van der Waals surface area contributed by atoms with E-state index in [9.17, 15) is 13.2 Å². The molecule has 0 spiro atoms. The van der Waals surface area contributed by atoms with Gasteiger partial charge in [0.15, 0.2) is 5.84 Å². The average Bonchev–Trinajstić information content (AvgIpc) is 2.01. The molecule has 0 aliphatic carbocycles. The minimum Gasteiger partial charge on any atom is -0.409 e. The maximum absolute atomic E-state index is 12.0. The number of nitrogens with two attached hydrogens (primary N) is 1. The third-order valence-electron chi connectivity index (χ3n) is 1.80. The maximum atomic E-state index is 12.0. The second-order valence-corrected chi connectivity index (χ2v) is 2.98. The van der Waals surface area contributed by atoms with Gasteiger partial charge < -0.3 is 10.9 Å². The van der Waals surface area contributed by atoms with Crippen LogP contribution in [0.4, 0.5) is 13.2 Å². The van der Waals surface area contributed by atoms with E-state index < -0.39 is 18.8 Å². The molecule has 14 heavy (non-hydrogen) atoms. The van der Waals surface area contributed by atoms with Gasteiger partial charge in [0.2, 0.25) is 0 Å². The molecule has 0 saturated carbocycles. The Morgan fingerprint density at radius 3 is 2.36 bits per heavy atom. The van der Waals surface area contributed by atoms with Crippen LogP contribution in [0.3, 0.4) is 0 Å². The predicted molar refractivity (Wildman–Crippen MR) is 46.2 cm³/mol. The fourth-order valence-electron chi connectivity index (χ4n) is 1.21.